The van der Waals surface area contributed by atoms with Gasteiger partial charge >= 0.3 is 24.3 Å². The molecule has 2 atom stereocenters. The summed E-state index contributed by atoms with van der Waals surface area (Å²) in [6.07, 6.45) is -7.46. The van der Waals surface area contributed by atoms with Crippen LogP contribution in [-0.2, 0) is 31.4 Å². The minimum atomic E-state index is -4.52. The zero-order valence-electron chi connectivity index (χ0n) is 44.0. The van der Waals surface area contributed by atoms with Gasteiger partial charge in [0.05, 0.1) is 47.6 Å². The monoisotopic (exact) mass is 1060 g/mol. The van der Waals surface area contributed by atoms with Crippen molar-refractivity contribution in [3.05, 3.63) is 142 Å². The Morgan fingerprint density at radius 1 is 0.526 bits per heavy atom. The number of piperazine rings is 2. The molecule has 8 N–H and O–H groups in total. The molecular formula is C56H74F6N10O4. The molecule has 0 bridgehead atoms. The molecule has 20 heteroatoms. The maximum absolute atomic E-state index is 13.6. The Labute approximate surface area is 442 Å². The SMILES string of the molecule is CCOC(=O)/C(=C(\C)Nc1cccc(C(F)(F)F)c1)C(NCCCN1CCN(CCN2CCN(CCCNC(/C(C(=O)OCC)=C(/C)Nc3cccc(C(F)(F)F)c3)c3ccc(N)cc3)CC2)CC1)c1ccc(N)cc1. The van der Waals surface area contributed by atoms with E-state index >= 15 is 0 Å². The van der Waals surface area contributed by atoms with Gasteiger partial charge in [-0.2, -0.15) is 26.3 Å². The van der Waals surface area contributed by atoms with E-state index in [1.807, 2.05) is 24.3 Å². The second kappa shape index (κ2) is 28.3. The summed E-state index contributed by atoms with van der Waals surface area (Å²) in [7, 11) is 0. The fraction of sp³-hybridized carbons (Fsp3) is 0.464. The van der Waals surface area contributed by atoms with Crippen molar-refractivity contribution in [2.24, 2.45) is 0 Å². The van der Waals surface area contributed by atoms with Gasteiger partial charge in [-0.25, -0.2) is 9.59 Å². The van der Waals surface area contributed by atoms with E-state index in [4.69, 9.17) is 20.9 Å². The van der Waals surface area contributed by atoms with Gasteiger partial charge in [-0.1, -0.05) is 36.4 Å². The lowest BCUT2D eigenvalue weighted by Crippen LogP contribution is -2.51. The van der Waals surface area contributed by atoms with Crippen LogP contribution < -0.4 is 32.7 Å². The van der Waals surface area contributed by atoms with E-state index in [0.717, 1.165) is 127 Å². The van der Waals surface area contributed by atoms with Gasteiger partial charge in [-0.15, -0.1) is 0 Å². The van der Waals surface area contributed by atoms with Crippen molar-refractivity contribution in [2.75, 3.05) is 127 Å². The molecule has 0 amide bonds. The number of ether oxygens (including phenoxy) is 2. The number of alkyl halides is 6. The Balaban J connectivity index is 0.950. The Hall–Kier alpha value is -6.16. The highest BCUT2D eigenvalue weighted by Gasteiger charge is 2.33. The number of carbonyl (C=O) groups excluding carboxylic acids is 2. The predicted octanol–water partition coefficient (Wildman–Crippen LogP) is 8.76. The van der Waals surface area contributed by atoms with Gasteiger partial charge in [0.1, 0.15) is 0 Å². The van der Waals surface area contributed by atoms with Crippen molar-refractivity contribution in [2.45, 2.75) is 65.0 Å². The zero-order valence-corrected chi connectivity index (χ0v) is 44.0. The van der Waals surface area contributed by atoms with Crippen LogP contribution >= 0.6 is 0 Å². The maximum atomic E-state index is 13.6. The first kappa shape index (κ1) is 59.1. The molecule has 4 aromatic rings. The molecule has 2 fully saturated rings. The number of nitrogens with zero attached hydrogens (tertiary/aromatic N) is 4. The highest BCUT2D eigenvalue weighted by Crippen LogP contribution is 2.34. The third-order valence-electron chi connectivity index (χ3n) is 13.6. The number of anilines is 4. The van der Waals surface area contributed by atoms with Gasteiger partial charge in [-0.05, 0) is 139 Å². The highest BCUT2D eigenvalue weighted by atomic mass is 19.4. The molecule has 76 heavy (non-hydrogen) atoms. The normalized spacial score (nSPS) is 16.8. The van der Waals surface area contributed by atoms with Crippen molar-refractivity contribution in [1.29, 1.82) is 0 Å². The van der Waals surface area contributed by atoms with E-state index in [9.17, 15) is 35.9 Å². The maximum Gasteiger partial charge on any atom is 0.416 e. The molecule has 2 unspecified atom stereocenters. The highest BCUT2D eigenvalue weighted by molar-refractivity contribution is 5.92. The molecule has 0 spiro atoms. The summed E-state index contributed by atoms with van der Waals surface area (Å²) < 4.78 is 92.2. The topological polar surface area (TPSA) is 166 Å². The first-order valence-corrected chi connectivity index (χ1v) is 26.0. The number of allylic oxidation sites excluding steroid dienone is 2. The molecular weight excluding hydrogens is 991 g/mol. The van der Waals surface area contributed by atoms with Gasteiger partial charge in [0.15, 0.2) is 0 Å². The molecule has 0 aromatic heterocycles. The first-order chi connectivity index (χ1) is 36.3. The number of esters is 2. The average Bonchev–Trinajstić information content (AvgIpc) is 3.38. The minimum Gasteiger partial charge on any atom is -0.463 e. The van der Waals surface area contributed by atoms with Crippen molar-refractivity contribution in [1.82, 2.24) is 30.2 Å². The van der Waals surface area contributed by atoms with Crippen LogP contribution in [0.3, 0.4) is 0 Å². The van der Waals surface area contributed by atoms with Crippen LogP contribution in [0.4, 0.5) is 49.1 Å². The molecule has 414 valence electrons. The number of nitrogen functional groups attached to an aromatic ring is 2. The number of nitrogens with one attached hydrogen (secondary N) is 4. The molecule has 0 radical (unpaired) electrons. The summed E-state index contributed by atoms with van der Waals surface area (Å²) in [4.78, 5) is 37.1. The standard InChI is InChI=1S/C56H74F6N10O4/c1-5-75-53(73)49(39(3)67-47-13-7-11-43(37-47)55(57,58)59)51(41-15-19-45(63)20-16-41)65-23-9-25-69-27-31-71(32-28-69)35-36-72-33-29-70(30-34-72)26-10-24-66-52(42-17-21-46(64)22-18-42)50(54(74)76-6-2)40(4)68-48-14-8-12-44(38-48)56(60,61)62/h7-8,11-22,37-38,51-52,65-68H,5-6,9-10,23-36,63-64H2,1-4H3/b49-39+,50-40+. The van der Waals surface area contributed by atoms with Crippen LogP contribution in [0.25, 0.3) is 0 Å². The smallest absolute Gasteiger partial charge is 0.416 e. The quantitative estimate of drug-likeness (QED) is 0.0123. The third kappa shape index (κ3) is 17.7. The van der Waals surface area contributed by atoms with Crippen LogP contribution in [0, 0.1) is 0 Å². The van der Waals surface area contributed by atoms with Gasteiger partial charge in [0.25, 0.3) is 0 Å². The summed E-state index contributed by atoms with van der Waals surface area (Å²) >= 11 is 0. The Kier molecular flexibility index (Phi) is 22.0. The molecule has 2 saturated heterocycles. The Morgan fingerprint density at radius 3 is 1.17 bits per heavy atom. The molecule has 4 aromatic carbocycles. The summed E-state index contributed by atoms with van der Waals surface area (Å²) in [6.45, 7) is 19.3. The molecule has 0 aliphatic carbocycles. The van der Waals surface area contributed by atoms with Crippen LogP contribution in [0.1, 0.15) is 74.9 Å². The van der Waals surface area contributed by atoms with Crippen molar-refractivity contribution >= 4 is 34.7 Å². The fourth-order valence-electron chi connectivity index (χ4n) is 9.51. The van der Waals surface area contributed by atoms with E-state index in [1.165, 1.54) is 24.3 Å². The Bertz CT molecular complexity index is 2370. The number of benzene rings is 4. The summed E-state index contributed by atoms with van der Waals surface area (Å²) in [5, 5.41) is 13.1. The van der Waals surface area contributed by atoms with Crippen LogP contribution in [0.2, 0.25) is 0 Å². The third-order valence-corrected chi connectivity index (χ3v) is 13.6. The van der Waals surface area contributed by atoms with Crippen molar-refractivity contribution in [3.8, 4) is 0 Å². The number of rotatable bonds is 25. The van der Waals surface area contributed by atoms with Crippen LogP contribution in [-0.4, -0.2) is 136 Å². The number of hydrogen-bond donors (Lipinski definition) is 6. The summed E-state index contributed by atoms with van der Waals surface area (Å²) in [5.41, 5.74) is 14.7. The zero-order chi connectivity index (χ0) is 54.8. The largest absolute Gasteiger partial charge is 0.463 e. The number of halogens is 6. The van der Waals surface area contributed by atoms with E-state index in [0.29, 0.717) is 35.9 Å². The van der Waals surface area contributed by atoms with Crippen molar-refractivity contribution < 1.29 is 45.4 Å². The Morgan fingerprint density at radius 2 is 0.855 bits per heavy atom. The van der Waals surface area contributed by atoms with Crippen LogP contribution in [0.5, 0.6) is 0 Å². The molecule has 14 nitrogen and oxygen atoms in total. The van der Waals surface area contributed by atoms with Gasteiger partial charge in [0, 0.05) is 99.6 Å². The summed E-state index contributed by atoms with van der Waals surface area (Å²) in [5.74, 6) is -1.16. The molecule has 2 heterocycles. The number of nitrogens with two attached hydrogens (primary N) is 2. The molecule has 2 aliphatic rings. The van der Waals surface area contributed by atoms with E-state index in [-0.39, 0.29) is 35.7 Å². The van der Waals surface area contributed by atoms with Crippen molar-refractivity contribution in [3.63, 3.8) is 0 Å². The predicted molar refractivity (Wildman–Crippen MR) is 287 cm³/mol. The van der Waals surface area contributed by atoms with E-state index in [2.05, 4.69) is 40.9 Å². The fourth-order valence-corrected chi connectivity index (χ4v) is 9.51. The number of hydrogen-bond acceptors (Lipinski definition) is 14. The first-order valence-electron chi connectivity index (χ1n) is 26.0. The second-order valence-electron chi connectivity index (χ2n) is 19.1. The summed E-state index contributed by atoms with van der Waals surface area (Å²) in [6, 6.07) is 22.7. The van der Waals surface area contributed by atoms with E-state index in [1.54, 1.807) is 52.0 Å². The van der Waals surface area contributed by atoms with Gasteiger partial charge in [-0.3, -0.25) is 9.80 Å². The average molecular weight is 1070 g/mol. The minimum absolute atomic E-state index is 0.120. The molecule has 2 aliphatic heterocycles. The lowest BCUT2D eigenvalue weighted by atomic mass is 9.96. The molecule has 0 saturated carbocycles. The molecule has 6 rings (SSSR count). The van der Waals surface area contributed by atoms with Gasteiger partial charge in [0.2, 0.25) is 0 Å². The van der Waals surface area contributed by atoms with E-state index < -0.39 is 47.5 Å². The lowest BCUT2D eigenvalue weighted by Gasteiger charge is -2.38. The lowest BCUT2D eigenvalue weighted by molar-refractivity contribution is -0.140. The second-order valence-corrected chi connectivity index (χ2v) is 19.1. The van der Waals surface area contributed by atoms with Crippen LogP contribution in [0.15, 0.2) is 120 Å². The number of carbonyl (C=O) groups is 2. The van der Waals surface area contributed by atoms with Gasteiger partial charge < -0.3 is 52.0 Å².